The molecule has 1 saturated carbocycles. The molecule has 2 N–H and O–H groups in total. The Kier molecular flexibility index (Phi) is 2.21. The first kappa shape index (κ1) is 9.49. The zero-order valence-corrected chi connectivity index (χ0v) is 8.08. The number of nitrogens with one attached hydrogen (secondary N) is 1. The third-order valence-corrected chi connectivity index (χ3v) is 3.53. The Hall–Kier alpha value is -1.06. The summed E-state index contributed by atoms with van der Waals surface area (Å²) in [6.45, 7) is 0. The molecular weight excluding hydrogens is 182 g/mol. The fourth-order valence-electron chi connectivity index (χ4n) is 2.57. The van der Waals surface area contributed by atoms with E-state index in [4.69, 9.17) is 5.11 Å². The molecule has 78 valence electrons. The number of carbonyl (C=O) groups is 2. The van der Waals surface area contributed by atoms with Crippen LogP contribution in [-0.2, 0) is 9.59 Å². The van der Waals surface area contributed by atoms with Crippen LogP contribution < -0.4 is 5.32 Å². The molecule has 4 nitrogen and oxygen atoms in total. The average Bonchev–Trinajstić information content (AvgIpc) is 2.48. The summed E-state index contributed by atoms with van der Waals surface area (Å²) in [5.41, 5.74) is -0.0525. The van der Waals surface area contributed by atoms with E-state index in [1.54, 1.807) is 0 Å². The lowest BCUT2D eigenvalue weighted by atomic mass is 9.76. The zero-order valence-electron chi connectivity index (χ0n) is 8.08. The van der Waals surface area contributed by atoms with Crippen molar-refractivity contribution in [1.82, 2.24) is 5.32 Å². The minimum absolute atomic E-state index is 0.0525. The largest absolute Gasteiger partial charge is 0.481 e. The quantitative estimate of drug-likeness (QED) is 0.656. The normalized spacial score (nSPS) is 37.1. The Labute approximate surface area is 82.7 Å². The maximum absolute atomic E-state index is 11.1. The fourth-order valence-corrected chi connectivity index (χ4v) is 2.57. The van der Waals surface area contributed by atoms with Crippen LogP contribution in [0.1, 0.15) is 38.5 Å². The summed E-state index contributed by atoms with van der Waals surface area (Å²) in [5.74, 6) is -0.763. The molecule has 0 aromatic rings. The molecule has 2 fully saturated rings. The topological polar surface area (TPSA) is 66.4 Å². The number of carboxylic acid groups (broad SMARTS) is 1. The van der Waals surface area contributed by atoms with E-state index in [2.05, 4.69) is 5.32 Å². The van der Waals surface area contributed by atoms with E-state index in [-0.39, 0.29) is 17.4 Å². The van der Waals surface area contributed by atoms with E-state index < -0.39 is 5.97 Å². The van der Waals surface area contributed by atoms with Crippen molar-refractivity contribution in [1.29, 1.82) is 0 Å². The summed E-state index contributed by atoms with van der Waals surface area (Å²) >= 11 is 0. The third-order valence-electron chi connectivity index (χ3n) is 3.53. The van der Waals surface area contributed by atoms with Gasteiger partial charge in [-0.05, 0) is 32.1 Å². The van der Waals surface area contributed by atoms with E-state index in [1.807, 2.05) is 0 Å². The molecule has 1 saturated heterocycles. The Morgan fingerprint density at radius 2 is 2.00 bits per heavy atom. The van der Waals surface area contributed by atoms with Crippen LogP contribution in [0.25, 0.3) is 0 Å². The Balaban J connectivity index is 1.95. The predicted molar refractivity (Wildman–Crippen MR) is 49.7 cm³/mol. The van der Waals surface area contributed by atoms with Gasteiger partial charge in [0.2, 0.25) is 5.91 Å². The Morgan fingerprint density at radius 3 is 2.43 bits per heavy atom. The maximum atomic E-state index is 11.1. The molecule has 0 aromatic carbocycles. The van der Waals surface area contributed by atoms with Crippen LogP contribution in [0.3, 0.4) is 0 Å². The van der Waals surface area contributed by atoms with Gasteiger partial charge in [-0.1, -0.05) is 0 Å². The van der Waals surface area contributed by atoms with Crippen molar-refractivity contribution in [2.45, 2.75) is 44.1 Å². The highest BCUT2D eigenvalue weighted by molar-refractivity contribution is 5.79. The molecule has 0 unspecified atom stereocenters. The smallest absolute Gasteiger partial charge is 0.306 e. The van der Waals surface area contributed by atoms with Gasteiger partial charge in [-0.3, -0.25) is 9.59 Å². The molecule has 14 heavy (non-hydrogen) atoms. The van der Waals surface area contributed by atoms with E-state index in [1.165, 1.54) is 0 Å². The number of carboxylic acids is 1. The number of carbonyl (C=O) groups excluding carboxylic acids is 1. The lowest BCUT2D eigenvalue weighted by Crippen LogP contribution is -2.45. The van der Waals surface area contributed by atoms with E-state index in [0.29, 0.717) is 19.3 Å². The van der Waals surface area contributed by atoms with Gasteiger partial charge in [0.25, 0.3) is 0 Å². The highest BCUT2D eigenvalue weighted by Crippen LogP contribution is 2.37. The fraction of sp³-hybridized carbons (Fsp3) is 0.800. The molecule has 1 heterocycles. The van der Waals surface area contributed by atoms with Crippen molar-refractivity contribution < 1.29 is 14.7 Å². The Bertz CT molecular complexity index is 267. The van der Waals surface area contributed by atoms with Gasteiger partial charge in [-0.25, -0.2) is 0 Å². The molecule has 1 aliphatic carbocycles. The highest BCUT2D eigenvalue weighted by Gasteiger charge is 2.41. The van der Waals surface area contributed by atoms with Crippen LogP contribution in [0.5, 0.6) is 0 Å². The molecule has 4 heteroatoms. The zero-order chi connectivity index (χ0) is 10.2. The molecule has 1 amide bonds. The number of rotatable bonds is 1. The first-order valence-electron chi connectivity index (χ1n) is 5.15. The van der Waals surface area contributed by atoms with Crippen molar-refractivity contribution in [3.63, 3.8) is 0 Å². The summed E-state index contributed by atoms with van der Waals surface area (Å²) < 4.78 is 0. The van der Waals surface area contributed by atoms with Crippen LogP contribution in [0.4, 0.5) is 0 Å². The number of amides is 1. The van der Waals surface area contributed by atoms with Crippen molar-refractivity contribution >= 4 is 11.9 Å². The number of hydrogen-bond acceptors (Lipinski definition) is 2. The molecule has 0 radical (unpaired) electrons. The first-order chi connectivity index (χ1) is 6.61. The molecular formula is C10H15NO3. The summed E-state index contributed by atoms with van der Waals surface area (Å²) in [7, 11) is 0. The van der Waals surface area contributed by atoms with Gasteiger partial charge in [0.15, 0.2) is 0 Å². The van der Waals surface area contributed by atoms with Gasteiger partial charge < -0.3 is 10.4 Å². The van der Waals surface area contributed by atoms with Crippen LogP contribution in [0.2, 0.25) is 0 Å². The van der Waals surface area contributed by atoms with E-state index in [0.717, 1.165) is 19.3 Å². The summed E-state index contributed by atoms with van der Waals surface area (Å²) in [4.78, 5) is 21.8. The lowest BCUT2D eigenvalue weighted by molar-refractivity contribution is -0.143. The van der Waals surface area contributed by atoms with Gasteiger partial charge in [0, 0.05) is 12.0 Å². The first-order valence-corrected chi connectivity index (χ1v) is 5.15. The minimum atomic E-state index is -0.691. The van der Waals surface area contributed by atoms with Crippen molar-refractivity contribution in [3.05, 3.63) is 0 Å². The minimum Gasteiger partial charge on any atom is -0.481 e. The summed E-state index contributed by atoms with van der Waals surface area (Å²) in [5, 5.41) is 11.8. The second-order valence-corrected chi connectivity index (χ2v) is 4.44. The SMILES string of the molecule is O=C1CCC2(CCC(C(=O)O)CC2)N1. The lowest BCUT2D eigenvalue weighted by Gasteiger charge is -2.35. The van der Waals surface area contributed by atoms with Crippen LogP contribution in [-0.4, -0.2) is 22.5 Å². The highest BCUT2D eigenvalue weighted by atomic mass is 16.4. The van der Waals surface area contributed by atoms with E-state index in [9.17, 15) is 9.59 Å². The van der Waals surface area contributed by atoms with Crippen LogP contribution in [0.15, 0.2) is 0 Å². The van der Waals surface area contributed by atoms with Gasteiger partial charge in [0.05, 0.1) is 5.92 Å². The summed E-state index contributed by atoms with van der Waals surface area (Å²) in [6.07, 6.45) is 4.56. The van der Waals surface area contributed by atoms with Crippen LogP contribution >= 0.6 is 0 Å². The maximum Gasteiger partial charge on any atom is 0.306 e. The van der Waals surface area contributed by atoms with E-state index >= 15 is 0 Å². The van der Waals surface area contributed by atoms with Gasteiger partial charge in [-0.2, -0.15) is 0 Å². The van der Waals surface area contributed by atoms with Crippen molar-refractivity contribution in [2.24, 2.45) is 5.92 Å². The van der Waals surface area contributed by atoms with Gasteiger partial charge in [-0.15, -0.1) is 0 Å². The molecule has 0 atom stereocenters. The summed E-state index contributed by atoms with van der Waals surface area (Å²) in [6, 6.07) is 0. The Morgan fingerprint density at radius 1 is 1.36 bits per heavy atom. The van der Waals surface area contributed by atoms with Crippen molar-refractivity contribution in [3.8, 4) is 0 Å². The monoisotopic (exact) mass is 197 g/mol. The number of hydrogen-bond donors (Lipinski definition) is 2. The molecule has 0 aromatic heterocycles. The molecule has 2 aliphatic rings. The standard InChI is InChI=1S/C10H15NO3/c12-8-3-6-10(11-8)4-1-7(2-5-10)9(13)14/h7H,1-6H2,(H,11,12)(H,13,14). The molecule has 0 bridgehead atoms. The van der Waals surface area contributed by atoms with Crippen LogP contribution in [0, 0.1) is 5.92 Å². The molecule has 2 rings (SSSR count). The molecule has 1 spiro atoms. The number of aliphatic carboxylic acids is 1. The molecule has 1 aliphatic heterocycles. The van der Waals surface area contributed by atoms with Gasteiger partial charge in [0.1, 0.15) is 0 Å². The van der Waals surface area contributed by atoms with Crippen molar-refractivity contribution in [2.75, 3.05) is 0 Å². The van der Waals surface area contributed by atoms with Gasteiger partial charge >= 0.3 is 5.97 Å². The average molecular weight is 197 g/mol. The predicted octanol–water partition coefficient (Wildman–Crippen LogP) is 0.910. The second-order valence-electron chi connectivity index (χ2n) is 4.44. The third kappa shape index (κ3) is 1.61. The second kappa shape index (κ2) is 3.26.